The highest BCUT2D eigenvalue weighted by Crippen LogP contribution is 2.22. The van der Waals surface area contributed by atoms with Gasteiger partial charge in [0.25, 0.3) is 0 Å². The zero-order valence-corrected chi connectivity index (χ0v) is 14.9. The summed E-state index contributed by atoms with van der Waals surface area (Å²) in [5.74, 6) is 0.544. The van der Waals surface area contributed by atoms with Gasteiger partial charge in [-0.2, -0.15) is 0 Å². The Kier molecular flexibility index (Phi) is 7.13. The first-order valence-corrected chi connectivity index (χ1v) is 8.48. The molecule has 1 heterocycles. The Morgan fingerprint density at radius 2 is 2.05 bits per heavy atom. The van der Waals surface area contributed by atoms with Crippen LogP contribution in [-0.2, 0) is 4.74 Å². The van der Waals surface area contributed by atoms with Crippen LogP contribution in [0, 0.1) is 11.3 Å². The number of likely N-dealkylation sites (tertiary alicyclic amines) is 1. The van der Waals surface area contributed by atoms with E-state index in [0.717, 1.165) is 45.4 Å². The molecule has 130 valence electrons. The number of amides is 1. The molecule has 1 fully saturated rings. The Morgan fingerprint density at radius 3 is 2.59 bits per heavy atom. The third-order valence-corrected chi connectivity index (χ3v) is 4.45. The first-order valence-electron chi connectivity index (χ1n) is 8.48. The lowest BCUT2D eigenvalue weighted by Crippen LogP contribution is -2.36. The molecule has 1 rings (SSSR count). The van der Waals surface area contributed by atoms with Crippen LogP contribution in [0.25, 0.3) is 0 Å². The molecule has 0 aromatic carbocycles. The van der Waals surface area contributed by atoms with Gasteiger partial charge in [0, 0.05) is 31.7 Å². The first-order chi connectivity index (χ1) is 10.2. The quantitative estimate of drug-likeness (QED) is 0.709. The van der Waals surface area contributed by atoms with Gasteiger partial charge in [-0.1, -0.05) is 13.8 Å². The molecule has 2 unspecified atom stereocenters. The molecule has 0 aliphatic carbocycles. The van der Waals surface area contributed by atoms with Crippen molar-refractivity contribution in [3.05, 3.63) is 0 Å². The third kappa shape index (κ3) is 6.53. The Morgan fingerprint density at radius 1 is 1.36 bits per heavy atom. The van der Waals surface area contributed by atoms with Gasteiger partial charge in [0.1, 0.15) is 5.60 Å². The topological polar surface area (TPSA) is 61.8 Å². The number of hydrogen-bond acceptors (Lipinski definition) is 4. The average molecular weight is 314 g/mol. The zero-order chi connectivity index (χ0) is 16.8. The fourth-order valence-electron chi connectivity index (χ4n) is 2.55. The van der Waals surface area contributed by atoms with Gasteiger partial charge in [-0.15, -0.1) is 0 Å². The minimum atomic E-state index is -0.425. The van der Waals surface area contributed by atoms with Crippen molar-refractivity contribution in [1.82, 2.24) is 10.2 Å². The summed E-state index contributed by atoms with van der Waals surface area (Å²) in [6, 6.07) is 0. The van der Waals surface area contributed by atoms with Gasteiger partial charge in [-0.3, -0.25) is 0 Å². The molecule has 2 N–H and O–H groups in total. The molecule has 1 saturated heterocycles. The molecule has 0 radical (unpaired) electrons. The van der Waals surface area contributed by atoms with E-state index in [9.17, 15) is 9.90 Å². The molecule has 0 spiro atoms. The van der Waals surface area contributed by atoms with Crippen LogP contribution in [0.2, 0.25) is 0 Å². The second-order valence-electron chi connectivity index (χ2n) is 7.87. The maximum Gasteiger partial charge on any atom is 0.410 e. The van der Waals surface area contributed by atoms with Crippen LogP contribution in [0.1, 0.15) is 53.9 Å². The monoisotopic (exact) mass is 314 g/mol. The standard InChI is InChI=1S/C17H34N2O3/c1-6-17(5,13-20)12-18-9-7-14-8-10-19(11-14)15(21)22-16(2,3)4/h14,18,20H,6-13H2,1-5H3. The molecule has 0 bridgehead atoms. The van der Waals surface area contributed by atoms with E-state index in [-0.39, 0.29) is 18.1 Å². The number of rotatable bonds is 7. The lowest BCUT2D eigenvalue weighted by molar-refractivity contribution is 0.0287. The number of nitrogens with zero attached hydrogens (tertiary/aromatic N) is 1. The highest BCUT2D eigenvalue weighted by atomic mass is 16.6. The van der Waals surface area contributed by atoms with E-state index < -0.39 is 5.60 Å². The van der Waals surface area contributed by atoms with E-state index in [4.69, 9.17) is 4.74 Å². The Labute approximate surface area is 135 Å². The zero-order valence-electron chi connectivity index (χ0n) is 14.9. The van der Waals surface area contributed by atoms with Crippen molar-refractivity contribution >= 4 is 6.09 Å². The number of aliphatic hydroxyl groups is 1. The molecule has 1 aliphatic rings. The lowest BCUT2D eigenvalue weighted by atomic mass is 9.88. The van der Waals surface area contributed by atoms with Crippen molar-refractivity contribution in [2.75, 3.05) is 32.8 Å². The summed E-state index contributed by atoms with van der Waals surface area (Å²) < 4.78 is 5.41. The highest BCUT2D eigenvalue weighted by molar-refractivity contribution is 5.68. The number of hydrogen-bond donors (Lipinski definition) is 2. The van der Waals surface area contributed by atoms with Gasteiger partial charge in [-0.05, 0) is 52.5 Å². The minimum Gasteiger partial charge on any atom is -0.444 e. The smallest absolute Gasteiger partial charge is 0.410 e. The van der Waals surface area contributed by atoms with E-state index >= 15 is 0 Å². The van der Waals surface area contributed by atoms with Crippen molar-refractivity contribution in [3.8, 4) is 0 Å². The van der Waals surface area contributed by atoms with Crippen molar-refractivity contribution in [2.45, 2.75) is 59.5 Å². The molecule has 1 aliphatic heterocycles. The fraction of sp³-hybridized carbons (Fsp3) is 0.941. The van der Waals surface area contributed by atoms with Gasteiger partial charge in [0.15, 0.2) is 0 Å². The number of nitrogens with one attached hydrogen (secondary N) is 1. The predicted molar refractivity (Wildman–Crippen MR) is 88.9 cm³/mol. The maximum absolute atomic E-state index is 12.0. The van der Waals surface area contributed by atoms with E-state index in [1.54, 1.807) is 0 Å². The molecular weight excluding hydrogens is 280 g/mol. The fourth-order valence-corrected chi connectivity index (χ4v) is 2.55. The largest absolute Gasteiger partial charge is 0.444 e. The molecule has 5 nitrogen and oxygen atoms in total. The predicted octanol–water partition coefficient (Wildman–Crippen LogP) is 2.63. The summed E-state index contributed by atoms with van der Waals surface area (Å²) in [7, 11) is 0. The van der Waals surface area contributed by atoms with E-state index in [2.05, 4.69) is 19.2 Å². The van der Waals surface area contributed by atoms with E-state index in [1.165, 1.54) is 0 Å². The number of carbonyl (C=O) groups is 1. The van der Waals surface area contributed by atoms with Crippen LogP contribution in [0.15, 0.2) is 0 Å². The van der Waals surface area contributed by atoms with Gasteiger partial charge in [0.05, 0.1) is 0 Å². The van der Waals surface area contributed by atoms with Gasteiger partial charge >= 0.3 is 6.09 Å². The minimum absolute atomic E-state index is 0.0295. The molecule has 1 amide bonds. The third-order valence-electron chi connectivity index (χ3n) is 4.45. The summed E-state index contributed by atoms with van der Waals surface area (Å²) >= 11 is 0. The van der Waals surface area contributed by atoms with Crippen molar-refractivity contribution in [2.24, 2.45) is 11.3 Å². The second kappa shape index (κ2) is 8.16. The van der Waals surface area contributed by atoms with Crippen LogP contribution in [0.3, 0.4) is 0 Å². The molecule has 22 heavy (non-hydrogen) atoms. The van der Waals surface area contributed by atoms with E-state index in [0.29, 0.717) is 5.92 Å². The maximum atomic E-state index is 12.0. The van der Waals surface area contributed by atoms with Crippen LogP contribution in [-0.4, -0.2) is 54.5 Å². The lowest BCUT2D eigenvalue weighted by Gasteiger charge is -2.26. The summed E-state index contributed by atoms with van der Waals surface area (Å²) in [6.45, 7) is 13.5. The summed E-state index contributed by atoms with van der Waals surface area (Å²) in [5, 5.41) is 12.8. The molecule has 2 atom stereocenters. The second-order valence-corrected chi connectivity index (χ2v) is 7.87. The molecule has 0 saturated carbocycles. The van der Waals surface area contributed by atoms with Gasteiger partial charge in [-0.25, -0.2) is 4.79 Å². The number of aliphatic hydroxyl groups excluding tert-OH is 1. The molecular formula is C17H34N2O3. The van der Waals surface area contributed by atoms with Crippen molar-refractivity contribution < 1.29 is 14.6 Å². The van der Waals surface area contributed by atoms with Gasteiger partial charge in [0.2, 0.25) is 0 Å². The molecule has 5 heteroatoms. The number of ether oxygens (including phenoxy) is 1. The Bertz CT molecular complexity index is 348. The van der Waals surface area contributed by atoms with Crippen LogP contribution in [0.4, 0.5) is 4.79 Å². The highest BCUT2D eigenvalue weighted by Gasteiger charge is 2.29. The summed E-state index contributed by atoms with van der Waals surface area (Å²) in [5.41, 5.74) is -0.455. The average Bonchev–Trinajstić information content (AvgIpc) is 2.90. The Balaban J connectivity index is 2.23. The van der Waals surface area contributed by atoms with E-state index in [1.807, 2.05) is 25.7 Å². The van der Waals surface area contributed by atoms with Crippen molar-refractivity contribution in [3.63, 3.8) is 0 Å². The Hall–Kier alpha value is -0.810. The van der Waals surface area contributed by atoms with Gasteiger partial charge < -0.3 is 20.1 Å². The van der Waals surface area contributed by atoms with Crippen LogP contribution >= 0.6 is 0 Å². The normalized spacial score (nSPS) is 21.7. The summed E-state index contributed by atoms with van der Waals surface area (Å²) in [6.07, 6.45) is 2.88. The molecule has 0 aromatic rings. The SMILES string of the molecule is CCC(C)(CO)CNCCC1CCN(C(=O)OC(C)(C)C)C1. The summed E-state index contributed by atoms with van der Waals surface area (Å²) in [4.78, 5) is 13.8. The van der Waals surface area contributed by atoms with Crippen LogP contribution < -0.4 is 5.32 Å². The number of carbonyl (C=O) groups excluding carboxylic acids is 1. The first kappa shape index (κ1) is 19.2. The van der Waals surface area contributed by atoms with Crippen molar-refractivity contribution in [1.29, 1.82) is 0 Å². The van der Waals surface area contributed by atoms with Crippen LogP contribution in [0.5, 0.6) is 0 Å². The molecule has 0 aromatic heterocycles.